The highest BCUT2D eigenvalue weighted by Gasteiger charge is 2.35. The largest absolute Gasteiger partial charge is 0.457 e. The van der Waals surface area contributed by atoms with Gasteiger partial charge in [-0.1, -0.05) is 24.3 Å². The number of likely N-dealkylation sites (tertiary alicyclic amines) is 1. The first-order chi connectivity index (χ1) is 22.6. The second-order valence-corrected chi connectivity index (χ2v) is 12.5. The fourth-order valence-electron chi connectivity index (χ4n) is 6.29. The first-order valence-corrected chi connectivity index (χ1v) is 15.6. The van der Waals surface area contributed by atoms with Crippen molar-refractivity contribution in [3.05, 3.63) is 95.8 Å². The second-order valence-electron chi connectivity index (χ2n) is 12.5. The number of fused-ring (bicyclic) bond motifs is 1. The van der Waals surface area contributed by atoms with E-state index in [4.69, 9.17) is 22.0 Å². The lowest BCUT2D eigenvalue weighted by atomic mass is 9.96. The topological polar surface area (TPSA) is 114 Å². The van der Waals surface area contributed by atoms with E-state index in [0.717, 1.165) is 6.42 Å². The maximum Gasteiger partial charge on any atom is 0.252 e. The summed E-state index contributed by atoms with van der Waals surface area (Å²) < 4.78 is 23.3. The average molecular weight is 637 g/mol. The second kappa shape index (κ2) is 12.8. The average Bonchev–Trinajstić information content (AvgIpc) is 3.46. The minimum absolute atomic E-state index is 0.00533. The Balaban J connectivity index is 1.27. The van der Waals surface area contributed by atoms with Gasteiger partial charge in [-0.15, -0.1) is 0 Å². The predicted molar refractivity (Wildman–Crippen MR) is 176 cm³/mol. The SMILES string of the molecule is [C-]#[N+]C(=CC(C)(C)N1CCN(C)C(=O)C1)C(=O)N1CCC[C@@H](c2nc(-c3ccc(Oc4ccccc4)cc3F)c3c(N)nccn23)C1. The molecule has 12 heteroatoms. The molecule has 2 fully saturated rings. The van der Waals surface area contributed by atoms with E-state index in [0.29, 0.717) is 61.1 Å². The number of benzene rings is 2. The van der Waals surface area contributed by atoms with Crippen LogP contribution in [0.15, 0.2) is 72.7 Å². The molecule has 1 atom stereocenters. The summed E-state index contributed by atoms with van der Waals surface area (Å²) in [6.45, 7) is 14.0. The maximum absolute atomic E-state index is 15.7. The highest BCUT2D eigenvalue weighted by atomic mass is 19.1. The number of hydrogen-bond acceptors (Lipinski definition) is 7. The number of halogens is 1. The van der Waals surface area contributed by atoms with E-state index < -0.39 is 11.4 Å². The lowest BCUT2D eigenvalue weighted by molar-refractivity contribution is -0.136. The van der Waals surface area contributed by atoms with Crippen molar-refractivity contribution >= 4 is 23.1 Å². The quantitative estimate of drug-likeness (QED) is 0.225. The van der Waals surface area contributed by atoms with Crippen molar-refractivity contribution in [2.45, 2.75) is 38.1 Å². The van der Waals surface area contributed by atoms with Gasteiger partial charge in [0.15, 0.2) is 0 Å². The first-order valence-electron chi connectivity index (χ1n) is 15.6. The van der Waals surface area contributed by atoms with Crippen LogP contribution in [0.1, 0.15) is 38.4 Å². The van der Waals surface area contributed by atoms with Crippen molar-refractivity contribution < 1.29 is 18.7 Å². The summed E-state index contributed by atoms with van der Waals surface area (Å²) in [5.74, 6) is 0.700. The minimum Gasteiger partial charge on any atom is -0.457 e. The number of likely N-dealkylation sites (N-methyl/N-ethyl adjacent to an activating group) is 1. The zero-order valence-electron chi connectivity index (χ0n) is 26.7. The molecule has 2 aromatic heterocycles. The third-order valence-corrected chi connectivity index (χ3v) is 8.96. The van der Waals surface area contributed by atoms with Gasteiger partial charge in [-0.25, -0.2) is 19.2 Å². The van der Waals surface area contributed by atoms with Crippen LogP contribution in [0.5, 0.6) is 11.5 Å². The number of ether oxygens (including phenoxy) is 1. The molecule has 0 aliphatic carbocycles. The van der Waals surface area contributed by atoms with Crippen molar-refractivity contribution in [1.82, 2.24) is 29.1 Å². The van der Waals surface area contributed by atoms with Gasteiger partial charge in [0.2, 0.25) is 11.6 Å². The molecule has 0 spiro atoms. The molecule has 2 amide bonds. The number of imidazole rings is 1. The van der Waals surface area contributed by atoms with Crippen LogP contribution in [-0.2, 0) is 9.59 Å². The van der Waals surface area contributed by atoms with Gasteiger partial charge >= 0.3 is 0 Å². The molecule has 0 unspecified atom stereocenters. The van der Waals surface area contributed by atoms with Gasteiger partial charge in [-0.2, -0.15) is 0 Å². The Labute approximate surface area is 272 Å². The fraction of sp³-hybridized carbons (Fsp3) is 0.343. The van der Waals surface area contributed by atoms with Crippen LogP contribution in [0.25, 0.3) is 21.6 Å². The van der Waals surface area contributed by atoms with Gasteiger partial charge < -0.3 is 20.3 Å². The van der Waals surface area contributed by atoms with E-state index in [1.807, 2.05) is 41.3 Å². The molecule has 2 aliphatic rings. The molecule has 2 aromatic carbocycles. The van der Waals surface area contributed by atoms with Crippen molar-refractivity contribution in [2.24, 2.45) is 0 Å². The lowest BCUT2D eigenvalue weighted by Gasteiger charge is -2.41. The van der Waals surface area contributed by atoms with Crippen LogP contribution >= 0.6 is 0 Å². The van der Waals surface area contributed by atoms with Gasteiger partial charge in [-0.05, 0) is 51.0 Å². The summed E-state index contributed by atoms with van der Waals surface area (Å²) in [7, 11) is 1.77. The molecule has 0 bridgehead atoms. The Hall–Kier alpha value is -5.28. The summed E-state index contributed by atoms with van der Waals surface area (Å²) >= 11 is 0. The normalized spacial score (nSPS) is 18.0. The molecule has 2 saturated heterocycles. The van der Waals surface area contributed by atoms with Crippen LogP contribution in [0.3, 0.4) is 0 Å². The Morgan fingerprint density at radius 1 is 1.15 bits per heavy atom. The van der Waals surface area contributed by atoms with Crippen LogP contribution in [-0.4, -0.2) is 86.2 Å². The summed E-state index contributed by atoms with van der Waals surface area (Å²) in [5, 5.41) is 0. The van der Waals surface area contributed by atoms with E-state index in [2.05, 4.69) is 9.83 Å². The number of amides is 2. The molecule has 242 valence electrons. The fourth-order valence-corrected chi connectivity index (χ4v) is 6.29. The highest BCUT2D eigenvalue weighted by molar-refractivity contribution is 5.95. The molecular formula is C35H37FN8O3. The monoisotopic (exact) mass is 636 g/mol. The maximum atomic E-state index is 15.7. The standard InChI is InChI=1S/C35H37FN8O3/c1-35(2,43-18-17-41(4)29(45)22-43)20-28(38-3)34(46)42-15-8-9-23(21-42)33-40-30(31-32(37)39-14-16-44(31)33)26-13-12-25(19-27(26)36)47-24-10-6-5-7-11-24/h5-7,10-14,16,19-20,23H,8-9,15,17-18,21-22H2,1-2,4H3,(H2,37,39)/t23-/m1/s1. The number of nitrogen functional groups attached to an aromatic ring is 1. The van der Waals surface area contributed by atoms with E-state index in [1.54, 1.807) is 59.6 Å². The van der Waals surface area contributed by atoms with Crippen molar-refractivity contribution in [2.75, 3.05) is 45.5 Å². The predicted octanol–water partition coefficient (Wildman–Crippen LogP) is 4.97. The summed E-state index contributed by atoms with van der Waals surface area (Å²) in [6.07, 6.45) is 6.42. The van der Waals surface area contributed by atoms with Crippen LogP contribution in [0.2, 0.25) is 0 Å². The molecule has 2 N–H and O–H groups in total. The van der Waals surface area contributed by atoms with Crippen LogP contribution in [0, 0.1) is 12.4 Å². The molecular weight excluding hydrogens is 599 g/mol. The van der Waals surface area contributed by atoms with Gasteiger partial charge in [-0.3, -0.25) is 18.9 Å². The Kier molecular flexibility index (Phi) is 8.66. The molecule has 2 aliphatic heterocycles. The van der Waals surface area contributed by atoms with Crippen LogP contribution in [0.4, 0.5) is 10.2 Å². The highest BCUT2D eigenvalue weighted by Crippen LogP contribution is 2.36. The summed E-state index contributed by atoms with van der Waals surface area (Å²) in [4.78, 5) is 44.3. The smallest absolute Gasteiger partial charge is 0.252 e. The number of para-hydroxylation sites is 1. The van der Waals surface area contributed by atoms with Gasteiger partial charge in [0.25, 0.3) is 5.91 Å². The van der Waals surface area contributed by atoms with Crippen molar-refractivity contribution in [3.8, 4) is 22.8 Å². The molecule has 0 radical (unpaired) electrons. The lowest BCUT2D eigenvalue weighted by Crippen LogP contribution is -2.55. The van der Waals surface area contributed by atoms with E-state index in [1.165, 1.54) is 6.07 Å². The molecule has 0 saturated carbocycles. The van der Waals surface area contributed by atoms with Gasteiger partial charge in [0.05, 0.1) is 13.1 Å². The zero-order valence-corrected chi connectivity index (χ0v) is 26.7. The number of piperazine rings is 1. The number of hydrogen-bond donors (Lipinski definition) is 1. The number of nitrogens with two attached hydrogens (primary N) is 1. The van der Waals surface area contributed by atoms with Crippen molar-refractivity contribution in [1.29, 1.82) is 0 Å². The summed E-state index contributed by atoms with van der Waals surface area (Å²) in [6, 6.07) is 13.8. The van der Waals surface area contributed by atoms with Gasteiger partial charge in [0.1, 0.15) is 40.2 Å². The van der Waals surface area contributed by atoms with E-state index >= 15 is 4.39 Å². The summed E-state index contributed by atoms with van der Waals surface area (Å²) in [5.41, 5.74) is 6.76. The Morgan fingerprint density at radius 3 is 2.66 bits per heavy atom. The van der Waals surface area contributed by atoms with E-state index in [-0.39, 0.29) is 41.4 Å². The third kappa shape index (κ3) is 6.39. The van der Waals surface area contributed by atoms with Gasteiger partial charge in [0, 0.05) is 68.7 Å². The number of carbonyl (C=O) groups excluding carboxylic acids is 2. The molecule has 11 nitrogen and oxygen atoms in total. The number of carbonyl (C=O) groups is 2. The molecule has 4 heterocycles. The van der Waals surface area contributed by atoms with E-state index in [9.17, 15) is 9.59 Å². The number of aromatic nitrogens is 3. The number of anilines is 1. The minimum atomic E-state index is -0.674. The molecule has 4 aromatic rings. The van der Waals surface area contributed by atoms with Crippen molar-refractivity contribution in [3.63, 3.8) is 0 Å². The third-order valence-electron chi connectivity index (χ3n) is 8.96. The Bertz CT molecular complexity index is 1900. The number of rotatable bonds is 7. The molecule has 47 heavy (non-hydrogen) atoms. The molecule has 6 rings (SSSR count). The Morgan fingerprint density at radius 2 is 1.94 bits per heavy atom. The van der Waals surface area contributed by atoms with Crippen LogP contribution < -0.4 is 10.5 Å². The zero-order chi connectivity index (χ0) is 33.3. The number of nitrogens with zero attached hydrogens (tertiary/aromatic N) is 7. The first kappa shape index (κ1) is 31.7. The number of piperidine rings is 1.